The number of primary amides is 1. The molecule has 1 aromatic carbocycles. The Morgan fingerprint density at radius 3 is 2.42 bits per heavy atom. The number of rotatable bonds is 6. The summed E-state index contributed by atoms with van der Waals surface area (Å²) in [5, 5.41) is 2.55. The first-order chi connectivity index (χ1) is 12.1. The van der Waals surface area contributed by atoms with Crippen molar-refractivity contribution < 1.29 is 27.5 Å². The first-order valence-electron chi connectivity index (χ1n) is 7.97. The van der Waals surface area contributed by atoms with E-state index >= 15 is 0 Å². The standard InChI is InChI=1S/C16H21N3O6S/c1-10(15(21)18-12-7-5-11(6-8-12)14(17)20)25-16(22)13-4-3-9-19(13)26(2,23)24/h5-8,10,13H,3-4,9H2,1-2H3,(H2,17,20)(H,18,21)/t10-,13+/m1/s1. The SMILES string of the molecule is C[C@@H](OC(=O)[C@@H]1CCCN1S(C)(=O)=O)C(=O)Nc1ccc(C(N)=O)cc1. The van der Waals surface area contributed by atoms with Gasteiger partial charge in [-0.3, -0.25) is 14.4 Å². The Morgan fingerprint density at radius 1 is 1.27 bits per heavy atom. The summed E-state index contributed by atoms with van der Waals surface area (Å²) in [4.78, 5) is 35.4. The summed E-state index contributed by atoms with van der Waals surface area (Å²) in [5.74, 6) is -1.91. The van der Waals surface area contributed by atoms with Gasteiger partial charge in [0.05, 0.1) is 6.26 Å². The van der Waals surface area contributed by atoms with Crippen molar-refractivity contribution in [1.82, 2.24) is 4.31 Å². The lowest BCUT2D eigenvalue weighted by molar-refractivity contribution is -0.156. The van der Waals surface area contributed by atoms with E-state index in [1.807, 2.05) is 0 Å². The monoisotopic (exact) mass is 383 g/mol. The molecule has 2 atom stereocenters. The quantitative estimate of drug-likeness (QED) is 0.668. The Hall–Kier alpha value is -2.46. The van der Waals surface area contributed by atoms with Crippen LogP contribution in [0.2, 0.25) is 0 Å². The van der Waals surface area contributed by atoms with Gasteiger partial charge in [-0.05, 0) is 44.0 Å². The van der Waals surface area contributed by atoms with E-state index in [9.17, 15) is 22.8 Å². The summed E-state index contributed by atoms with van der Waals surface area (Å²) in [5.41, 5.74) is 5.84. The molecule has 1 saturated heterocycles. The topological polar surface area (TPSA) is 136 Å². The van der Waals surface area contributed by atoms with E-state index < -0.39 is 40.0 Å². The van der Waals surface area contributed by atoms with Crippen molar-refractivity contribution >= 4 is 33.5 Å². The van der Waals surface area contributed by atoms with Gasteiger partial charge in [0, 0.05) is 17.8 Å². The predicted molar refractivity (Wildman–Crippen MR) is 93.7 cm³/mol. The van der Waals surface area contributed by atoms with Crippen LogP contribution in [0.15, 0.2) is 24.3 Å². The van der Waals surface area contributed by atoms with Crippen molar-refractivity contribution in [2.24, 2.45) is 5.73 Å². The van der Waals surface area contributed by atoms with Gasteiger partial charge in [-0.15, -0.1) is 0 Å². The van der Waals surface area contributed by atoms with E-state index in [4.69, 9.17) is 10.5 Å². The van der Waals surface area contributed by atoms with Crippen molar-refractivity contribution in [3.05, 3.63) is 29.8 Å². The Bertz CT molecular complexity index is 806. The minimum Gasteiger partial charge on any atom is -0.451 e. The van der Waals surface area contributed by atoms with Crippen LogP contribution < -0.4 is 11.1 Å². The van der Waals surface area contributed by atoms with Crippen molar-refractivity contribution in [1.29, 1.82) is 0 Å². The molecule has 1 aliphatic heterocycles. The molecular weight excluding hydrogens is 362 g/mol. The third kappa shape index (κ3) is 4.79. The van der Waals surface area contributed by atoms with Crippen molar-refractivity contribution in [3.63, 3.8) is 0 Å². The largest absolute Gasteiger partial charge is 0.451 e. The average Bonchev–Trinajstić information content (AvgIpc) is 3.05. The number of benzene rings is 1. The summed E-state index contributed by atoms with van der Waals surface area (Å²) >= 11 is 0. The number of hydrogen-bond donors (Lipinski definition) is 2. The van der Waals surface area contributed by atoms with Crippen LogP contribution in [0.25, 0.3) is 0 Å². The first-order valence-corrected chi connectivity index (χ1v) is 9.82. The lowest BCUT2D eigenvalue weighted by Gasteiger charge is -2.22. The zero-order chi connectivity index (χ0) is 19.5. The number of amides is 2. The van der Waals surface area contributed by atoms with Crippen molar-refractivity contribution in [2.45, 2.75) is 31.9 Å². The molecule has 0 saturated carbocycles. The molecule has 2 amide bonds. The second kappa shape index (κ2) is 7.83. The van der Waals surface area contributed by atoms with E-state index in [1.165, 1.54) is 31.2 Å². The molecule has 1 heterocycles. The minimum absolute atomic E-state index is 0.255. The summed E-state index contributed by atoms with van der Waals surface area (Å²) in [7, 11) is -3.52. The van der Waals surface area contributed by atoms with Crippen LogP contribution in [0.5, 0.6) is 0 Å². The van der Waals surface area contributed by atoms with Gasteiger partial charge < -0.3 is 15.8 Å². The predicted octanol–water partition coefficient (Wildman–Crippen LogP) is 0.0797. The van der Waals surface area contributed by atoms with Gasteiger partial charge >= 0.3 is 5.97 Å². The fourth-order valence-corrected chi connectivity index (χ4v) is 3.76. The van der Waals surface area contributed by atoms with E-state index in [-0.39, 0.29) is 6.54 Å². The van der Waals surface area contributed by atoms with Gasteiger partial charge in [0.25, 0.3) is 5.91 Å². The average molecular weight is 383 g/mol. The summed E-state index contributed by atoms with van der Waals surface area (Å²) in [6.07, 6.45) is 0.833. The fraction of sp³-hybridized carbons (Fsp3) is 0.438. The number of sulfonamides is 1. The molecule has 0 aliphatic carbocycles. The van der Waals surface area contributed by atoms with Crippen LogP contribution in [0.1, 0.15) is 30.1 Å². The summed E-state index contributed by atoms with van der Waals surface area (Å²) in [6.45, 7) is 1.65. The molecule has 26 heavy (non-hydrogen) atoms. The highest BCUT2D eigenvalue weighted by Gasteiger charge is 2.38. The van der Waals surface area contributed by atoms with Gasteiger partial charge in [-0.2, -0.15) is 4.31 Å². The number of ether oxygens (including phenoxy) is 1. The third-order valence-corrected chi connectivity index (χ3v) is 5.29. The zero-order valence-corrected chi connectivity index (χ0v) is 15.3. The maximum atomic E-state index is 12.2. The van der Waals surface area contributed by atoms with Gasteiger partial charge in [0.2, 0.25) is 15.9 Å². The molecule has 10 heteroatoms. The van der Waals surface area contributed by atoms with E-state index in [0.717, 1.165) is 10.6 Å². The van der Waals surface area contributed by atoms with Crippen LogP contribution >= 0.6 is 0 Å². The number of nitrogens with zero attached hydrogens (tertiary/aromatic N) is 1. The molecule has 0 spiro atoms. The molecule has 0 bridgehead atoms. The summed E-state index contributed by atoms with van der Waals surface area (Å²) < 4.78 is 29.6. The molecule has 9 nitrogen and oxygen atoms in total. The summed E-state index contributed by atoms with van der Waals surface area (Å²) in [6, 6.07) is 4.99. The van der Waals surface area contributed by atoms with Crippen LogP contribution in [-0.4, -0.2) is 55.5 Å². The number of esters is 1. The molecule has 1 aromatic rings. The highest BCUT2D eigenvalue weighted by Crippen LogP contribution is 2.22. The van der Waals surface area contributed by atoms with Crippen molar-refractivity contribution in [3.8, 4) is 0 Å². The van der Waals surface area contributed by atoms with Gasteiger partial charge in [-0.1, -0.05) is 0 Å². The number of carbonyl (C=O) groups excluding carboxylic acids is 3. The third-order valence-electron chi connectivity index (χ3n) is 4.00. The van der Waals surface area contributed by atoms with Crippen molar-refractivity contribution in [2.75, 3.05) is 18.1 Å². The Balaban J connectivity index is 1.96. The minimum atomic E-state index is -3.52. The number of hydrogen-bond acceptors (Lipinski definition) is 6. The highest BCUT2D eigenvalue weighted by atomic mass is 32.2. The highest BCUT2D eigenvalue weighted by molar-refractivity contribution is 7.88. The van der Waals surface area contributed by atoms with Crippen LogP contribution in [-0.2, 0) is 24.3 Å². The number of nitrogens with two attached hydrogens (primary N) is 1. The van der Waals surface area contributed by atoms with Gasteiger partial charge in [0.1, 0.15) is 6.04 Å². The lowest BCUT2D eigenvalue weighted by Crippen LogP contribution is -2.43. The smallest absolute Gasteiger partial charge is 0.325 e. The second-order valence-electron chi connectivity index (χ2n) is 6.04. The van der Waals surface area contributed by atoms with E-state index in [1.54, 1.807) is 0 Å². The molecule has 0 radical (unpaired) electrons. The molecule has 0 aromatic heterocycles. The molecule has 3 N–H and O–H groups in total. The maximum Gasteiger partial charge on any atom is 0.325 e. The van der Waals surface area contributed by atoms with Gasteiger partial charge in [-0.25, -0.2) is 8.42 Å². The van der Waals surface area contributed by atoms with Crippen LogP contribution in [0.4, 0.5) is 5.69 Å². The van der Waals surface area contributed by atoms with E-state index in [2.05, 4.69) is 5.32 Å². The molecule has 1 aliphatic rings. The molecule has 2 rings (SSSR count). The Labute approximate surface area is 151 Å². The zero-order valence-electron chi connectivity index (χ0n) is 14.5. The first kappa shape index (κ1) is 19.9. The number of carbonyl (C=O) groups is 3. The Kier molecular flexibility index (Phi) is 5.98. The van der Waals surface area contributed by atoms with Gasteiger partial charge in [0.15, 0.2) is 6.10 Å². The fourth-order valence-electron chi connectivity index (χ4n) is 2.64. The Morgan fingerprint density at radius 2 is 1.88 bits per heavy atom. The normalized spacial score (nSPS) is 18.9. The molecular formula is C16H21N3O6S. The van der Waals surface area contributed by atoms with E-state index in [0.29, 0.717) is 24.1 Å². The second-order valence-corrected chi connectivity index (χ2v) is 7.98. The molecule has 142 valence electrons. The van der Waals surface area contributed by atoms with Crippen LogP contribution in [0, 0.1) is 0 Å². The number of anilines is 1. The lowest BCUT2D eigenvalue weighted by atomic mass is 10.2. The van der Waals surface area contributed by atoms with Crippen LogP contribution in [0.3, 0.4) is 0 Å². The maximum absolute atomic E-state index is 12.2. The number of nitrogens with one attached hydrogen (secondary N) is 1. The molecule has 0 unspecified atom stereocenters. The molecule has 1 fully saturated rings.